The molecule has 0 aliphatic carbocycles. The lowest BCUT2D eigenvalue weighted by molar-refractivity contribution is -0.132. The van der Waals surface area contributed by atoms with E-state index in [1.54, 1.807) is 14.2 Å². The molecular formula is C24H41IN4O3. The van der Waals surface area contributed by atoms with Gasteiger partial charge in [-0.15, -0.1) is 24.0 Å². The Morgan fingerprint density at radius 1 is 1.12 bits per heavy atom. The highest BCUT2D eigenvalue weighted by Crippen LogP contribution is 2.33. The van der Waals surface area contributed by atoms with Gasteiger partial charge in [-0.05, 0) is 55.4 Å². The fraction of sp³-hybridized carbons (Fsp3) is 0.667. The van der Waals surface area contributed by atoms with Crippen LogP contribution in [0.15, 0.2) is 17.1 Å². The molecule has 1 amide bonds. The third-order valence-corrected chi connectivity index (χ3v) is 5.71. The number of guanidine groups is 1. The average molecular weight is 561 g/mol. The molecule has 0 saturated carbocycles. The summed E-state index contributed by atoms with van der Waals surface area (Å²) in [6, 6.07) is 4.31. The van der Waals surface area contributed by atoms with E-state index in [9.17, 15) is 4.79 Å². The quantitative estimate of drug-likeness (QED) is 0.184. The zero-order valence-electron chi connectivity index (χ0n) is 20.3. The van der Waals surface area contributed by atoms with Gasteiger partial charge in [0.25, 0.3) is 0 Å². The van der Waals surface area contributed by atoms with Crippen LogP contribution in [0.2, 0.25) is 0 Å². The van der Waals surface area contributed by atoms with E-state index in [1.165, 1.54) is 18.4 Å². The van der Waals surface area contributed by atoms with Gasteiger partial charge in [0.05, 0.1) is 14.2 Å². The van der Waals surface area contributed by atoms with Gasteiger partial charge in [0.2, 0.25) is 5.91 Å². The number of nitrogens with two attached hydrogens (primary N) is 1. The molecule has 182 valence electrons. The summed E-state index contributed by atoms with van der Waals surface area (Å²) in [5.41, 5.74) is 8.33. The van der Waals surface area contributed by atoms with E-state index in [2.05, 4.69) is 31.1 Å². The number of benzene rings is 1. The number of ether oxygens (including phenoxy) is 2. The van der Waals surface area contributed by atoms with Crippen LogP contribution in [-0.2, 0) is 17.8 Å². The van der Waals surface area contributed by atoms with Crippen molar-refractivity contribution in [1.29, 1.82) is 0 Å². The monoisotopic (exact) mass is 560 g/mol. The molecule has 1 unspecified atom stereocenters. The van der Waals surface area contributed by atoms with Crippen molar-refractivity contribution in [2.45, 2.75) is 71.9 Å². The van der Waals surface area contributed by atoms with Gasteiger partial charge in [-0.2, -0.15) is 0 Å². The van der Waals surface area contributed by atoms with Gasteiger partial charge < -0.3 is 25.4 Å². The van der Waals surface area contributed by atoms with Crippen LogP contribution in [0.4, 0.5) is 0 Å². The second-order valence-electron chi connectivity index (χ2n) is 8.78. The molecule has 1 aromatic carbocycles. The highest BCUT2D eigenvalue weighted by molar-refractivity contribution is 14.0. The van der Waals surface area contributed by atoms with Crippen LogP contribution >= 0.6 is 24.0 Å². The number of amides is 1. The number of methoxy groups -OCH3 is 2. The Balaban J connectivity index is 0.00000512. The molecule has 8 heteroatoms. The number of nitrogens with one attached hydrogen (secondary N) is 1. The molecule has 1 aromatic rings. The Bertz CT molecular complexity index is 755. The molecule has 0 radical (unpaired) electrons. The number of hydrogen-bond acceptors (Lipinski definition) is 4. The van der Waals surface area contributed by atoms with E-state index in [0.717, 1.165) is 36.6 Å². The summed E-state index contributed by atoms with van der Waals surface area (Å²) in [5, 5.41) is 3.25. The summed E-state index contributed by atoms with van der Waals surface area (Å²) >= 11 is 0. The van der Waals surface area contributed by atoms with Gasteiger partial charge in [-0.1, -0.05) is 26.7 Å². The summed E-state index contributed by atoms with van der Waals surface area (Å²) < 4.78 is 10.8. The lowest BCUT2D eigenvalue weighted by Gasteiger charge is -2.29. The fourth-order valence-electron chi connectivity index (χ4n) is 3.89. The lowest BCUT2D eigenvalue weighted by atomic mass is 9.98. The van der Waals surface area contributed by atoms with Crippen molar-refractivity contribution in [1.82, 2.24) is 10.2 Å². The molecule has 1 aliphatic heterocycles. The van der Waals surface area contributed by atoms with Gasteiger partial charge in [0.1, 0.15) is 0 Å². The van der Waals surface area contributed by atoms with Crippen molar-refractivity contribution in [3.8, 4) is 11.5 Å². The minimum Gasteiger partial charge on any atom is -0.493 e. The SMILES string of the molecule is COc1cc2c(cc1OC)CN(C(=O)CCCN=C(N)NC(C)CCCC(C)C)CC2.I. The predicted octanol–water partition coefficient (Wildman–Crippen LogP) is 4.11. The van der Waals surface area contributed by atoms with E-state index in [4.69, 9.17) is 15.2 Å². The molecular weight excluding hydrogens is 519 g/mol. The van der Waals surface area contributed by atoms with Crippen LogP contribution in [0.1, 0.15) is 64.0 Å². The maximum Gasteiger partial charge on any atom is 0.222 e. The lowest BCUT2D eigenvalue weighted by Crippen LogP contribution is -2.38. The van der Waals surface area contributed by atoms with Crippen LogP contribution < -0.4 is 20.5 Å². The Morgan fingerprint density at radius 2 is 1.78 bits per heavy atom. The highest BCUT2D eigenvalue weighted by atomic mass is 127. The second-order valence-corrected chi connectivity index (χ2v) is 8.78. The molecule has 3 N–H and O–H groups in total. The van der Waals surface area contributed by atoms with Crippen LogP contribution in [-0.4, -0.2) is 50.1 Å². The Kier molecular flexibility index (Phi) is 12.8. The van der Waals surface area contributed by atoms with Crippen molar-refractivity contribution >= 4 is 35.8 Å². The maximum atomic E-state index is 12.7. The minimum atomic E-state index is 0. The van der Waals surface area contributed by atoms with E-state index >= 15 is 0 Å². The van der Waals surface area contributed by atoms with E-state index in [-0.39, 0.29) is 29.9 Å². The zero-order valence-corrected chi connectivity index (χ0v) is 22.6. The maximum absolute atomic E-state index is 12.7. The number of carbonyl (C=O) groups excluding carboxylic acids is 1. The van der Waals surface area contributed by atoms with E-state index in [0.29, 0.717) is 43.7 Å². The minimum absolute atomic E-state index is 0. The topological polar surface area (TPSA) is 89.2 Å². The van der Waals surface area contributed by atoms with Crippen molar-refractivity contribution < 1.29 is 14.3 Å². The number of rotatable bonds is 11. The van der Waals surface area contributed by atoms with Crippen molar-refractivity contribution in [3.63, 3.8) is 0 Å². The van der Waals surface area contributed by atoms with E-state index < -0.39 is 0 Å². The molecule has 7 nitrogen and oxygen atoms in total. The number of fused-ring (bicyclic) bond motifs is 1. The average Bonchev–Trinajstić information content (AvgIpc) is 2.74. The highest BCUT2D eigenvalue weighted by Gasteiger charge is 2.22. The second kappa shape index (κ2) is 14.4. The first-order valence-corrected chi connectivity index (χ1v) is 11.4. The first-order chi connectivity index (χ1) is 14.8. The number of aliphatic imine (C=N–C) groups is 1. The summed E-state index contributed by atoms with van der Waals surface area (Å²) in [6.07, 6.45) is 5.49. The molecule has 1 heterocycles. The van der Waals surface area contributed by atoms with Crippen molar-refractivity contribution in [3.05, 3.63) is 23.3 Å². The van der Waals surface area contributed by atoms with Crippen LogP contribution in [0.3, 0.4) is 0 Å². The standard InChI is InChI=1S/C24H40N4O3.HI/c1-17(2)8-6-9-18(3)27-24(25)26-12-7-10-23(29)28-13-11-19-14-21(30-4)22(31-5)15-20(19)16-28;/h14-15,17-18H,6-13,16H2,1-5H3,(H3,25,26,27);1H. The van der Waals surface area contributed by atoms with Gasteiger partial charge in [0.15, 0.2) is 17.5 Å². The molecule has 0 spiro atoms. The normalized spacial score (nSPS) is 14.4. The molecule has 2 rings (SSSR count). The van der Waals surface area contributed by atoms with Gasteiger partial charge in [-0.25, -0.2) is 0 Å². The first kappa shape index (κ1) is 28.3. The summed E-state index contributed by atoms with van der Waals surface area (Å²) in [5.74, 6) is 2.79. The molecule has 1 aliphatic rings. The number of halogens is 1. The van der Waals surface area contributed by atoms with Gasteiger partial charge in [0, 0.05) is 32.1 Å². The smallest absolute Gasteiger partial charge is 0.222 e. The Labute approximate surface area is 210 Å². The Morgan fingerprint density at radius 3 is 2.41 bits per heavy atom. The zero-order chi connectivity index (χ0) is 22.8. The summed E-state index contributed by atoms with van der Waals surface area (Å²) in [7, 11) is 3.27. The van der Waals surface area contributed by atoms with Crippen molar-refractivity contribution in [2.75, 3.05) is 27.3 Å². The fourth-order valence-corrected chi connectivity index (χ4v) is 3.89. The van der Waals surface area contributed by atoms with Gasteiger partial charge in [-0.3, -0.25) is 9.79 Å². The first-order valence-electron chi connectivity index (χ1n) is 11.4. The van der Waals surface area contributed by atoms with E-state index in [1.807, 2.05) is 17.0 Å². The molecule has 1 atom stereocenters. The summed E-state index contributed by atoms with van der Waals surface area (Å²) in [6.45, 7) is 8.50. The molecule has 0 aromatic heterocycles. The van der Waals surface area contributed by atoms with Crippen LogP contribution in [0.5, 0.6) is 11.5 Å². The van der Waals surface area contributed by atoms with Gasteiger partial charge >= 0.3 is 0 Å². The number of hydrogen-bond donors (Lipinski definition) is 2. The molecule has 32 heavy (non-hydrogen) atoms. The third kappa shape index (κ3) is 9.03. The third-order valence-electron chi connectivity index (χ3n) is 5.71. The summed E-state index contributed by atoms with van der Waals surface area (Å²) in [4.78, 5) is 19.0. The van der Waals surface area contributed by atoms with Crippen molar-refractivity contribution in [2.24, 2.45) is 16.6 Å². The molecule has 0 saturated heterocycles. The van der Waals surface area contributed by atoms with Crippen LogP contribution in [0, 0.1) is 5.92 Å². The van der Waals surface area contributed by atoms with Crippen LogP contribution in [0.25, 0.3) is 0 Å². The molecule has 0 bridgehead atoms. The molecule has 0 fully saturated rings. The number of nitrogens with zero attached hydrogens (tertiary/aromatic N) is 2. The predicted molar refractivity (Wildman–Crippen MR) is 141 cm³/mol. The number of carbonyl (C=O) groups is 1. The Hall–Kier alpha value is -1.71. The largest absolute Gasteiger partial charge is 0.493 e.